The molecule has 0 bridgehead atoms. The van der Waals surface area contributed by atoms with Crippen molar-refractivity contribution in [2.45, 2.75) is 52.0 Å². The monoisotopic (exact) mass is 432 g/mol. The van der Waals surface area contributed by atoms with Crippen molar-refractivity contribution in [2.24, 2.45) is 0 Å². The molecule has 1 atom stereocenters. The topological polar surface area (TPSA) is 107 Å². The van der Waals surface area contributed by atoms with E-state index in [1.165, 1.54) is 0 Å². The Morgan fingerprint density at radius 3 is 2.50 bits per heavy atom. The van der Waals surface area contributed by atoms with Gasteiger partial charge in [-0.15, -0.1) is 0 Å². The standard InChI is InChI=1S/C21H32N4OS.CO2/c1-5-9-16(12-13-27-4)23-20-17(18(6-2)24-21(22)25-20)14-15-10-7-8-11-19(15)26-3;2-1-3/h7-8,10-11,16H,5-6,9,12-14H2,1-4H3,(H3,22,23,24,25);/t16-;/m0./s1. The smallest absolute Gasteiger partial charge is 0.373 e. The van der Waals surface area contributed by atoms with Gasteiger partial charge in [0.15, 0.2) is 0 Å². The van der Waals surface area contributed by atoms with Gasteiger partial charge in [-0.1, -0.05) is 38.5 Å². The van der Waals surface area contributed by atoms with Crippen LogP contribution in [0.25, 0.3) is 0 Å². The molecule has 3 N–H and O–H groups in total. The summed E-state index contributed by atoms with van der Waals surface area (Å²) in [6.45, 7) is 4.32. The second-order valence-electron chi connectivity index (χ2n) is 6.69. The number of thioether (sulfide) groups is 1. The molecule has 30 heavy (non-hydrogen) atoms. The summed E-state index contributed by atoms with van der Waals surface area (Å²) in [4.78, 5) is 25.3. The zero-order valence-electron chi connectivity index (χ0n) is 18.2. The second-order valence-corrected chi connectivity index (χ2v) is 7.68. The van der Waals surface area contributed by atoms with Crippen molar-refractivity contribution in [1.29, 1.82) is 0 Å². The van der Waals surface area contributed by atoms with E-state index in [-0.39, 0.29) is 6.15 Å². The van der Waals surface area contributed by atoms with E-state index in [0.29, 0.717) is 12.0 Å². The molecule has 0 aliphatic carbocycles. The van der Waals surface area contributed by atoms with Gasteiger partial charge in [-0.05, 0) is 42.9 Å². The van der Waals surface area contributed by atoms with Crippen molar-refractivity contribution >= 4 is 29.7 Å². The molecule has 0 unspecified atom stereocenters. The van der Waals surface area contributed by atoms with Crippen LogP contribution in [0.3, 0.4) is 0 Å². The Morgan fingerprint density at radius 1 is 1.20 bits per heavy atom. The van der Waals surface area contributed by atoms with Gasteiger partial charge in [0, 0.05) is 18.0 Å². The average Bonchev–Trinajstić information content (AvgIpc) is 2.74. The largest absolute Gasteiger partial charge is 0.496 e. The highest BCUT2D eigenvalue weighted by molar-refractivity contribution is 7.98. The number of rotatable bonds is 11. The van der Waals surface area contributed by atoms with Crippen molar-refractivity contribution < 1.29 is 14.3 Å². The fraction of sp³-hybridized carbons (Fsp3) is 0.500. The number of nitrogens with zero attached hydrogens (tertiary/aromatic N) is 2. The summed E-state index contributed by atoms with van der Waals surface area (Å²) in [7, 11) is 1.71. The average molecular weight is 433 g/mol. The molecule has 0 aliphatic rings. The molecule has 0 aliphatic heterocycles. The number of carbonyl (C=O) groups excluding carboxylic acids is 2. The van der Waals surface area contributed by atoms with E-state index in [0.717, 1.165) is 66.2 Å². The fourth-order valence-corrected chi connectivity index (χ4v) is 3.80. The summed E-state index contributed by atoms with van der Waals surface area (Å²) >= 11 is 1.87. The van der Waals surface area contributed by atoms with Crippen LogP contribution in [0.1, 0.15) is 49.9 Å². The number of hydrogen-bond donors (Lipinski definition) is 2. The lowest BCUT2D eigenvalue weighted by atomic mass is 10.0. The Hall–Kier alpha value is -2.57. The third kappa shape index (κ3) is 8.05. The number of benzene rings is 1. The number of anilines is 2. The number of ether oxygens (including phenoxy) is 1. The van der Waals surface area contributed by atoms with Crippen LogP contribution >= 0.6 is 11.8 Å². The minimum absolute atomic E-state index is 0.250. The van der Waals surface area contributed by atoms with Crippen LogP contribution in [-0.4, -0.2) is 41.3 Å². The number of nitrogens with two attached hydrogens (primary N) is 1. The molecule has 1 aromatic heterocycles. The quantitative estimate of drug-likeness (QED) is 0.549. The van der Waals surface area contributed by atoms with Crippen LogP contribution in [-0.2, 0) is 22.4 Å². The maximum absolute atomic E-state index is 8.12. The van der Waals surface area contributed by atoms with Gasteiger partial charge in [0.25, 0.3) is 0 Å². The van der Waals surface area contributed by atoms with Crippen molar-refractivity contribution in [3.8, 4) is 5.75 Å². The first-order valence-corrected chi connectivity index (χ1v) is 11.5. The zero-order valence-corrected chi connectivity index (χ0v) is 19.1. The highest BCUT2D eigenvalue weighted by atomic mass is 32.2. The van der Waals surface area contributed by atoms with Crippen LogP contribution in [0, 0.1) is 0 Å². The summed E-state index contributed by atoms with van der Waals surface area (Å²) < 4.78 is 5.54. The molecule has 7 nitrogen and oxygen atoms in total. The fourth-order valence-electron chi connectivity index (χ4n) is 3.28. The van der Waals surface area contributed by atoms with Gasteiger partial charge in [-0.3, -0.25) is 0 Å². The van der Waals surface area contributed by atoms with E-state index in [4.69, 9.17) is 20.1 Å². The first kappa shape index (κ1) is 25.5. The molecule has 1 aromatic carbocycles. The Balaban J connectivity index is 0.00000141. The molecule has 164 valence electrons. The molecule has 0 saturated carbocycles. The second kappa shape index (κ2) is 14.4. The van der Waals surface area contributed by atoms with Gasteiger partial charge < -0.3 is 15.8 Å². The summed E-state index contributed by atoms with van der Waals surface area (Å²) in [5.41, 5.74) is 9.25. The van der Waals surface area contributed by atoms with Crippen molar-refractivity contribution in [1.82, 2.24) is 9.97 Å². The molecular formula is C22H32N4O3S. The summed E-state index contributed by atoms with van der Waals surface area (Å²) in [5, 5.41) is 3.67. The molecule has 0 amide bonds. The molecule has 0 radical (unpaired) electrons. The molecule has 2 aromatic rings. The predicted molar refractivity (Wildman–Crippen MR) is 122 cm³/mol. The van der Waals surface area contributed by atoms with Crippen molar-refractivity contribution in [3.63, 3.8) is 0 Å². The van der Waals surface area contributed by atoms with Gasteiger partial charge in [-0.2, -0.15) is 26.3 Å². The molecule has 0 saturated heterocycles. The van der Waals surface area contributed by atoms with Gasteiger partial charge >= 0.3 is 6.15 Å². The number of methoxy groups -OCH3 is 1. The summed E-state index contributed by atoms with van der Waals surface area (Å²) in [6, 6.07) is 8.49. The number of aryl methyl sites for hydroxylation is 1. The van der Waals surface area contributed by atoms with Crippen LogP contribution in [0.2, 0.25) is 0 Å². The minimum Gasteiger partial charge on any atom is -0.496 e. The highest BCUT2D eigenvalue weighted by Crippen LogP contribution is 2.28. The van der Waals surface area contributed by atoms with E-state index in [2.05, 4.69) is 41.5 Å². The third-order valence-electron chi connectivity index (χ3n) is 4.65. The van der Waals surface area contributed by atoms with Gasteiger partial charge in [0.2, 0.25) is 5.95 Å². The molecule has 1 heterocycles. The normalized spacial score (nSPS) is 11.1. The third-order valence-corrected chi connectivity index (χ3v) is 5.30. The maximum atomic E-state index is 8.12. The zero-order chi connectivity index (χ0) is 22.4. The van der Waals surface area contributed by atoms with Gasteiger partial charge in [0.05, 0.1) is 12.8 Å². The Labute approximate surface area is 183 Å². The van der Waals surface area contributed by atoms with Gasteiger partial charge in [-0.25, -0.2) is 4.98 Å². The lowest BCUT2D eigenvalue weighted by Gasteiger charge is -2.22. The lowest BCUT2D eigenvalue weighted by Crippen LogP contribution is -2.23. The van der Waals surface area contributed by atoms with Crippen molar-refractivity contribution in [3.05, 3.63) is 41.1 Å². The SMILES string of the molecule is CCC[C@@H](CCSC)Nc1nc(N)nc(CC)c1Cc1ccccc1OC.O=C=O. The molecule has 0 fully saturated rings. The Kier molecular flexibility index (Phi) is 12.2. The van der Waals surface area contributed by atoms with E-state index < -0.39 is 0 Å². The summed E-state index contributed by atoms with van der Waals surface area (Å²) in [6.07, 6.45) is 7.28. The lowest BCUT2D eigenvalue weighted by molar-refractivity contribution is -0.191. The van der Waals surface area contributed by atoms with E-state index >= 15 is 0 Å². The van der Waals surface area contributed by atoms with Crippen LogP contribution in [0.15, 0.2) is 24.3 Å². The summed E-state index contributed by atoms with van der Waals surface area (Å²) in [5.74, 6) is 3.21. The van der Waals surface area contributed by atoms with E-state index in [1.807, 2.05) is 30.0 Å². The predicted octanol–water partition coefficient (Wildman–Crippen LogP) is 3.97. The first-order valence-electron chi connectivity index (χ1n) is 10.1. The van der Waals surface area contributed by atoms with Gasteiger partial charge in [0.1, 0.15) is 11.6 Å². The Morgan fingerprint density at radius 2 is 1.90 bits per heavy atom. The molecule has 2 rings (SSSR count). The first-order chi connectivity index (χ1) is 14.5. The van der Waals surface area contributed by atoms with Crippen LogP contribution < -0.4 is 15.8 Å². The molecule has 0 spiro atoms. The minimum atomic E-state index is 0.250. The number of hydrogen-bond acceptors (Lipinski definition) is 8. The molecule has 8 heteroatoms. The number of nitrogen functional groups attached to an aromatic ring is 1. The maximum Gasteiger partial charge on any atom is 0.373 e. The van der Waals surface area contributed by atoms with Crippen LogP contribution in [0.5, 0.6) is 5.75 Å². The number of aromatic nitrogens is 2. The molecular weight excluding hydrogens is 400 g/mol. The van der Waals surface area contributed by atoms with Crippen LogP contribution in [0.4, 0.5) is 11.8 Å². The Bertz CT molecular complexity index is 811. The number of nitrogens with one attached hydrogen (secondary N) is 1. The van der Waals surface area contributed by atoms with E-state index in [1.54, 1.807) is 7.11 Å². The highest BCUT2D eigenvalue weighted by Gasteiger charge is 2.18. The number of para-hydroxylation sites is 1. The van der Waals surface area contributed by atoms with E-state index in [9.17, 15) is 0 Å². The van der Waals surface area contributed by atoms with Crippen molar-refractivity contribution in [2.75, 3.05) is 30.2 Å².